The van der Waals surface area contributed by atoms with Crippen LogP contribution in [0.15, 0.2) is 87.7 Å². The Morgan fingerprint density at radius 2 is 1.69 bits per heavy atom. The first-order valence-corrected chi connectivity index (χ1v) is 9.13. The van der Waals surface area contributed by atoms with E-state index in [1.54, 1.807) is 0 Å². The summed E-state index contributed by atoms with van der Waals surface area (Å²) in [7, 11) is 0. The van der Waals surface area contributed by atoms with Crippen LogP contribution < -0.4 is 5.43 Å². The number of nitro groups is 1. The van der Waals surface area contributed by atoms with Gasteiger partial charge in [-0.1, -0.05) is 48.2 Å². The molecule has 0 spiro atoms. The molecule has 148 valence electrons. The molecule has 1 N–H and O–H groups in total. The predicted octanol–water partition coefficient (Wildman–Crippen LogP) is 6.21. The monoisotopic (exact) mass is 417 g/mol. The predicted molar refractivity (Wildman–Crippen MR) is 106 cm³/mol. The van der Waals surface area contributed by atoms with Crippen molar-refractivity contribution < 1.29 is 18.1 Å². The molecule has 5 nitrogen and oxygen atoms in total. The fourth-order valence-corrected chi connectivity index (χ4v) is 3.35. The van der Waals surface area contributed by atoms with Crippen LogP contribution >= 0.6 is 11.8 Å². The third-order valence-electron chi connectivity index (χ3n) is 3.80. The number of hydrazone groups is 1. The molecule has 0 fully saturated rings. The molecule has 3 rings (SSSR count). The average molecular weight is 417 g/mol. The zero-order valence-corrected chi connectivity index (χ0v) is 15.6. The molecule has 0 saturated heterocycles. The molecule has 0 bridgehead atoms. The van der Waals surface area contributed by atoms with Crippen LogP contribution in [-0.4, -0.2) is 11.1 Å². The number of halogens is 3. The van der Waals surface area contributed by atoms with E-state index in [0.29, 0.717) is 6.07 Å². The molecule has 0 aliphatic heterocycles. The first-order chi connectivity index (χ1) is 13.8. The maximum Gasteiger partial charge on any atom is 0.416 e. The van der Waals surface area contributed by atoms with Crippen LogP contribution in [0.4, 0.5) is 24.5 Å². The highest BCUT2D eigenvalue weighted by molar-refractivity contribution is 7.99. The Morgan fingerprint density at radius 3 is 2.38 bits per heavy atom. The second-order valence-corrected chi connectivity index (χ2v) is 6.93. The van der Waals surface area contributed by atoms with E-state index in [-0.39, 0.29) is 5.69 Å². The number of nitro benzene ring substituents is 1. The van der Waals surface area contributed by atoms with Gasteiger partial charge in [0.25, 0.3) is 5.69 Å². The Balaban J connectivity index is 1.81. The van der Waals surface area contributed by atoms with Crippen molar-refractivity contribution in [2.75, 3.05) is 5.43 Å². The molecule has 3 aromatic rings. The summed E-state index contributed by atoms with van der Waals surface area (Å²) in [5.41, 5.74) is 1.29. The average Bonchev–Trinajstić information content (AvgIpc) is 2.69. The van der Waals surface area contributed by atoms with E-state index in [1.807, 2.05) is 54.6 Å². The molecule has 0 aromatic heterocycles. The van der Waals surface area contributed by atoms with Crippen molar-refractivity contribution in [1.82, 2.24) is 0 Å². The third kappa shape index (κ3) is 5.35. The number of benzene rings is 3. The molecular formula is C20H14F3N3O2S. The van der Waals surface area contributed by atoms with E-state index in [4.69, 9.17) is 0 Å². The van der Waals surface area contributed by atoms with Gasteiger partial charge in [0.2, 0.25) is 0 Å². The summed E-state index contributed by atoms with van der Waals surface area (Å²) in [5, 5.41) is 15.1. The summed E-state index contributed by atoms with van der Waals surface area (Å²) >= 11 is 1.52. The lowest BCUT2D eigenvalue weighted by molar-refractivity contribution is -0.384. The second-order valence-electron chi connectivity index (χ2n) is 5.81. The zero-order valence-electron chi connectivity index (χ0n) is 14.8. The number of nitrogens with zero attached hydrogens (tertiary/aromatic N) is 2. The van der Waals surface area contributed by atoms with Gasteiger partial charge >= 0.3 is 6.18 Å². The number of nitrogens with one attached hydrogen (secondary N) is 1. The van der Waals surface area contributed by atoms with Gasteiger partial charge in [-0.3, -0.25) is 15.5 Å². The lowest BCUT2D eigenvalue weighted by Gasteiger charge is -2.08. The minimum atomic E-state index is -4.67. The van der Waals surface area contributed by atoms with Gasteiger partial charge in [-0.25, -0.2) is 0 Å². The minimum absolute atomic E-state index is 0.132. The molecular weight excluding hydrogens is 403 g/mol. The minimum Gasteiger partial charge on any atom is -0.272 e. The van der Waals surface area contributed by atoms with E-state index < -0.39 is 22.4 Å². The van der Waals surface area contributed by atoms with Crippen LogP contribution in [-0.2, 0) is 6.18 Å². The van der Waals surface area contributed by atoms with Crippen LogP contribution in [0, 0.1) is 10.1 Å². The summed E-state index contributed by atoms with van der Waals surface area (Å²) in [5.74, 6) is 0. The van der Waals surface area contributed by atoms with E-state index >= 15 is 0 Å². The summed E-state index contributed by atoms with van der Waals surface area (Å²) in [6, 6.07) is 19.3. The lowest BCUT2D eigenvalue weighted by Crippen LogP contribution is -2.06. The largest absolute Gasteiger partial charge is 0.416 e. The summed E-state index contributed by atoms with van der Waals surface area (Å²) < 4.78 is 38.4. The van der Waals surface area contributed by atoms with Crippen LogP contribution in [0.3, 0.4) is 0 Å². The van der Waals surface area contributed by atoms with Crippen LogP contribution in [0.1, 0.15) is 11.1 Å². The van der Waals surface area contributed by atoms with Crippen molar-refractivity contribution in [2.45, 2.75) is 16.0 Å². The molecule has 0 atom stereocenters. The fraction of sp³-hybridized carbons (Fsp3) is 0.0500. The Hall–Kier alpha value is -3.33. The molecule has 0 heterocycles. The number of alkyl halides is 3. The number of rotatable bonds is 6. The van der Waals surface area contributed by atoms with Gasteiger partial charge in [0.15, 0.2) is 0 Å². The highest BCUT2D eigenvalue weighted by Crippen LogP contribution is 2.35. The molecule has 29 heavy (non-hydrogen) atoms. The quantitative estimate of drug-likeness (QED) is 0.294. The lowest BCUT2D eigenvalue weighted by atomic mass is 10.1. The Kier molecular flexibility index (Phi) is 6.18. The van der Waals surface area contributed by atoms with Crippen molar-refractivity contribution >= 4 is 29.4 Å². The van der Waals surface area contributed by atoms with E-state index in [9.17, 15) is 23.3 Å². The van der Waals surface area contributed by atoms with Gasteiger partial charge in [-0.15, -0.1) is 0 Å². The summed E-state index contributed by atoms with van der Waals surface area (Å²) in [4.78, 5) is 12.2. The van der Waals surface area contributed by atoms with Crippen molar-refractivity contribution in [3.63, 3.8) is 0 Å². The number of anilines is 1. The molecule has 0 amide bonds. The SMILES string of the molecule is O=[N+]([O-])c1cc(C(F)(F)F)ccc1N/N=C/c1ccccc1Sc1ccccc1. The van der Waals surface area contributed by atoms with Crippen molar-refractivity contribution in [1.29, 1.82) is 0 Å². The normalized spacial score (nSPS) is 11.6. The molecule has 3 aromatic carbocycles. The van der Waals surface area contributed by atoms with Gasteiger partial charge < -0.3 is 0 Å². The van der Waals surface area contributed by atoms with E-state index in [2.05, 4.69) is 10.5 Å². The highest BCUT2D eigenvalue weighted by Gasteiger charge is 2.33. The number of hydrogen-bond donors (Lipinski definition) is 1. The maximum absolute atomic E-state index is 12.8. The van der Waals surface area contributed by atoms with Crippen molar-refractivity contribution in [2.24, 2.45) is 5.10 Å². The molecule has 0 aliphatic carbocycles. The van der Waals surface area contributed by atoms with Gasteiger partial charge in [-0.05, 0) is 30.3 Å². The first-order valence-electron chi connectivity index (χ1n) is 8.31. The van der Waals surface area contributed by atoms with Gasteiger partial charge in [0.1, 0.15) is 5.69 Å². The Morgan fingerprint density at radius 1 is 1.00 bits per heavy atom. The molecule has 0 aliphatic rings. The Labute approximate surface area is 168 Å². The van der Waals surface area contributed by atoms with Gasteiger partial charge in [-0.2, -0.15) is 18.3 Å². The number of hydrogen-bond acceptors (Lipinski definition) is 5. The van der Waals surface area contributed by atoms with E-state index in [0.717, 1.165) is 27.5 Å². The maximum atomic E-state index is 12.8. The smallest absolute Gasteiger partial charge is 0.272 e. The molecule has 9 heteroatoms. The van der Waals surface area contributed by atoms with E-state index in [1.165, 1.54) is 18.0 Å². The van der Waals surface area contributed by atoms with Crippen molar-refractivity contribution in [3.8, 4) is 0 Å². The zero-order chi connectivity index (χ0) is 20.9. The molecule has 0 saturated carbocycles. The topological polar surface area (TPSA) is 67.5 Å². The first kappa shape index (κ1) is 20.4. The molecule has 0 unspecified atom stereocenters. The highest BCUT2D eigenvalue weighted by atomic mass is 32.2. The molecule has 0 radical (unpaired) electrons. The fourth-order valence-electron chi connectivity index (χ4n) is 2.42. The third-order valence-corrected chi connectivity index (χ3v) is 4.90. The summed E-state index contributed by atoms with van der Waals surface area (Å²) in [6.45, 7) is 0. The summed E-state index contributed by atoms with van der Waals surface area (Å²) in [6.07, 6.45) is -3.20. The van der Waals surface area contributed by atoms with Crippen molar-refractivity contribution in [3.05, 3.63) is 94.0 Å². The second kappa shape index (κ2) is 8.78. The van der Waals surface area contributed by atoms with Gasteiger partial charge in [0, 0.05) is 21.4 Å². The van der Waals surface area contributed by atoms with Crippen LogP contribution in [0.25, 0.3) is 0 Å². The van der Waals surface area contributed by atoms with Crippen LogP contribution in [0.2, 0.25) is 0 Å². The van der Waals surface area contributed by atoms with Gasteiger partial charge in [0.05, 0.1) is 16.7 Å². The van der Waals surface area contributed by atoms with Crippen LogP contribution in [0.5, 0.6) is 0 Å². The standard InChI is InChI=1S/C20H14F3N3O2S/c21-20(22,23)15-10-11-17(18(12-15)26(27)28)25-24-13-14-6-4-5-9-19(14)29-16-7-2-1-3-8-16/h1-13,25H/b24-13+. The Bertz CT molecular complexity index is 1040.